The smallest absolute Gasteiger partial charge is 0.230 e. The first-order valence-electron chi connectivity index (χ1n) is 6.13. The fraction of sp³-hybridized carbons (Fsp3) is 0.0714. The van der Waals surface area contributed by atoms with Gasteiger partial charge in [0.15, 0.2) is 5.69 Å². The van der Waals surface area contributed by atoms with E-state index in [9.17, 15) is 4.79 Å². The van der Waals surface area contributed by atoms with Crippen molar-refractivity contribution in [2.24, 2.45) is 0 Å². The molecule has 1 amide bonds. The zero-order valence-electron chi connectivity index (χ0n) is 10.7. The second-order valence-corrected chi connectivity index (χ2v) is 5.67. The largest absolute Gasteiger partial charge is 0.306 e. The van der Waals surface area contributed by atoms with Crippen LogP contribution >= 0.6 is 22.9 Å². The van der Waals surface area contributed by atoms with Crippen molar-refractivity contribution in [1.29, 1.82) is 0 Å². The lowest BCUT2D eigenvalue weighted by atomic mass is 10.1. The summed E-state index contributed by atoms with van der Waals surface area (Å²) < 4.78 is 4.71. The van der Waals surface area contributed by atoms with Gasteiger partial charge in [0.25, 0.3) is 0 Å². The van der Waals surface area contributed by atoms with Crippen LogP contribution in [-0.4, -0.2) is 16.2 Å². The van der Waals surface area contributed by atoms with Crippen molar-refractivity contribution in [1.82, 2.24) is 10.3 Å². The standard InChI is InChI=1S/C14H10ClN3O2S/c15-10-5-3-9(4-6-10)8-12(19)16-14-13(17-20-18-14)11-2-1-7-21-11/h1-7H,8H2,(H,16,18,19). The highest BCUT2D eigenvalue weighted by Gasteiger charge is 2.15. The molecule has 0 radical (unpaired) electrons. The van der Waals surface area contributed by atoms with Crippen LogP contribution < -0.4 is 5.32 Å². The molecule has 5 nitrogen and oxygen atoms in total. The number of aromatic nitrogens is 2. The third kappa shape index (κ3) is 3.29. The van der Waals surface area contributed by atoms with Gasteiger partial charge in [0.2, 0.25) is 11.7 Å². The van der Waals surface area contributed by atoms with Crippen LogP contribution in [0.4, 0.5) is 5.82 Å². The highest BCUT2D eigenvalue weighted by atomic mass is 35.5. The zero-order chi connectivity index (χ0) is 14.7. The lowest BCUT2D eigenvalue weighted by molar-refractivity contribution is -0.115. The quantitative estimate of drug-likeness (QED) is 0.797. The molecular formula is C14H10ClN3O2S. The molecular weight excluding hydrogens is 310 g/mol. The number of halogens is 1. The summed E-state index contributed by atoms with van der Waals surface area (Å²) in [5, 5.41) is 12.8. The molecule has 3 aromatic rings. The number of nitrogens with zero attached hydrogens (tertiary/aromatic N) is 2. The van der Waals surface area contributed by atoms with E-state index in [1.54, 1.807) is 12.1 Å². The van der Waals surface area contributed by atoms with Crippen molar-refractivity contribution < 1.29 is 9.42 Å². The first kappa shape index (κ1) is 13.8. The van der Waals surface area contributed by atoms with E-state index in [0.717, 1.165) is 10.4 Å². The van der Waals surface area contributed by atoms with Crippen molar-refractivity contribution >= 4 is 34.7 Å². The van der Waals surface area contributed by atoms with Crippen LogP contribution in [0.3, 0.4) is 0 Å². The van der Waals surface area contributed by atoms with E-state index in [0.29, 0.717) is 16.5 Å². The van der Waals surface area contributed by atoms with Crippen LogP contribution in [-0.2, 0) is 11.2 Å². The number of anilines is 1. The van der Waals surface area contributed by atoms with Crippen molar-refractivity contribution in [3.8, 4) is 10.6 Å². The van der Waals surface area contributed by atoms with E-state index in [1.165, 1.54) is 11.3 Å². The van der Waals surface area contributed by atoms with Gasteiger partial charge in [-0.3, -0.25) is 4.79 Å². The molecule has 1 N–H and O–H groups in total. The molecule has 0 saturated heterocycles. The van der Waals surface area contributed by atoms with Gasteiger partial charge < -0.3 is 5.32 Å². The van der Waals surface area contributed by atoms with Gasteiger partial charge >= 0.3 is 0 Å². The van der Waals surface area contributed by atoms with E-state index < -0.39 is 0 Å². The average molecular weight is 320 g/mol. The first-order chi connectivity index (χ1) is 10.2. The Morgan fingerprint density at radius 2 is 2.05 bits per heavy atom. The molecule has 0 atom stereocenters. The minimum atomic E-state index is -0.189. The molecule has 0 unspecified atom stereocenters. The van der Waals surface area contributed by atoms with Crippen molar-refractivity contribution in [3.05, 3.63) is 52.4 Å². The summed E-state index contributed by atoms with van der Waals surface area (Å²) in [5.74, 6) is 0.141. The summed E-state index contributed by atoms with van der Waals surface area (Å²) >= 11 is 7.31. The molecule has 0 saturated carbocycles. The molecule has 2 aromatic heterocycles. The van der Waals surface area contributed by atoms with Gasteiger partial charge in [-0.2, -0.15) is 0 Å². The van der Waals surface area contributed by atoms with E-state index in [-0.39, 0.29) is 12.3 Å². The Kier molecular flexibility index (Phi) is 3.98. The third-order valence-electron chi connectivity index (χ3n) is 2.78. The second kappa shape index (κ2) is 6.07. The molecule has 0 spiro atoms. The normalized spacial score (nSPS) is 10.5. The number of nitrogens with one attached hydrogen (secondary N) is 1. The van der Waals surface area contributed by atoms with Gasteiger partial charge in [0.1, 0.15) is 0 Å². The molecule has 0 aliphatic heterocycles. The molecule has 1 aromatic carbocycles. The van der Waals surface area contributed by atoms with Gasteiger partial charge in [-0.25, -0.2) is 4.63 Å². The summed E-state index contributed by atoms with van der Waals surface area (Å²) in [6.45, 7) is 0. The Morgan fingerprint density at radius 1 is 1.24 bits per heavy atom. The van der Waals surface area contributed by atoms with Gasteiger partial charge in [0.05, 0.1) is 11.3 Å². The molecule has 3 rings (SSSR count). The SMILES string of the molecule is O=C(Cc1ccc(Cl)cc1)Nc1nonc1-c1cccs1. The van der Waals surface area contributed by atoms with Crippen LogP contribution in [0.15, 0.2) is 46.4 Å². The monoisotopic (exact) mass is 319 g/mol. The van der Waals surface area contributed by atoms with Crippen molar-refractivity contribution in [2.45, 2.75) is 6.42 Å². The number of thiophene rings is 1. The Hall–Kier alpha value is -2.18. The van der Waals surface area contributed by atoms with Crippen molar-refractivity contribution in [3.63, 3.8) is 0 Å². The van der Waals surface area contributed by atoms with Crippen molar-refractivity contribution in [2.75, 3.05) is 5.32 Å². The number of rotatable bonds is 4. The van der Waals surface area contributed by atoms with Crippen LogP contribution in [0, 0.1) is 0 Å². The summed E-state index contributed by atoms with van der Waals surface area (Å²) in [5.41, 5.74) is 1.40. The Balaban J connectivity index is 1.71. The fourth-order valence-corrected chi connectivity index (χ4v) is 2.64. The van der Waals surface area contributed by atoms with E-state index in [1.807, 2.05) is 29.6 Å². The molecule has 2 heterocycles. The molecule has 0 fully saturated rings. The van der Waals surface area contributed by atoms with Crippen LogP contribution in [0.5, 0.6) is 0 Å². The maximum atomic E-state index is 12.0. The first-order valence-corrected chi connectivity index (χ1v) is 7.39. The van der Waals surface area contributed by atoms with E-state index in [2.05, 4.69) is 15.6 Å². The summed E-state index contributed by atoms with van der Waals surface area (Å²) in [6, 6.07) is 10.9. The molecule has 21 heavy (non-hydrogen) atoms. The molecule has 106 valence electrons. The Morgan fingerprint density at radius 3 is 2.76 bits per heavy atom. The van der Waals surface area contributed by atoms with Gasteiger partial charge in [0, 0.05) is 5.02 Å². The maximum absolute atomic E-state index is 12.0. The topological polar surface area (TPSA) is 68.0 Å². The minimum Gasteiger partial charge on any atom is -0.306 e. The fourth-order valence-electron chi connectivity index (χ4n) is 1.81. The highest BCUT2D eigenvalue weighted by molar-refractivity contribution is 7.13. The van der Waals surface area contributed by atoms with Crippen LogP contribution in [0.25, 0.3) is 10.6 Å². The van der Waals surface area contributed by atoms with Crippen LogP contribution in [0.1, 0.15) is 5.56 Å². The summed E-state index contributed by atoms with van der Waals surface area (Å²) in [7, 11) is 0. The molecule has 0 bridgehead atoms. The second-order valence-electron chi connectivity index (χ2n) is 4.29. The summed E-state index contributed by atoms with van der Waals surface area (Å²) in [4.78, 5) is 12.9. The maximum Gasteiger partial charge on any atom is 0.230 e. The number of carbonyl (C=O) groups excluding carboxylic acids is 1. The number of hydrogen-bond acceptors (Lipinski definition) is 5. The van der Waals surface area contributed by atoms with E-state index >= 15 is 0 Å². The number of carbonyl (C=O) groups is 1. The third-order valence-corrected chi connectivity index (χ3v) is 3.91. The van der Waals surface area contributed by atoms with Gasteiger partial charge in [-0.15, -0.1) is 11.3 Å². The average Bonchev–Trinajstić information content (AvgIpc) is 3.11. The summed E-state index contributed by atoms with van der Waals surface area (Å²) in [6.07, 6.45) is 0.230. The predicted octanol–water partition coefficient (Wildman–Crippen LogP) is 3.63. The lowest BCUT2D eigenvalue weighted by Crippen LogP contribution is -2.15. The Labute approximate surface area is 129 Å². The minimum absolute atomic E-state index is 0.189. The molecule has 0 aliphatic carbocycles. The molecule has 7 heteroatoms. The highest BCUT2D eigenvalue weighted by Crippen LogP contribution is 2.28. The number of benzene rings is 1. The van der Waals surface area contributed by atoms with E-state index in [4.69, 9.17) is 16.2 Å². The van der Waals surface area contributed by atoms with Gasteiger partial charge in [-0.1, -0.05) is 29.8 Å². The predicted molar refractivity (Wildman–Crippen MR) is 81.4 cm³/mol. The lowest BCUT2D eigenvalue weighted by Gasteiger charge is -2.03. The van der Waals surface area contributed by atoms with Gasteiger partial charge in [-0.05, 0) is 39.5 Å². The zero-order valence-corrected chi connectivity index (χ0v) is 12.3. The molecule has 0 aliphatic rings. The van der Waals surface area contributed by atoms with Crippen LogP contribution in [0.2, 0.25) is 5.02 Å². The Bertz CT molecular complexity index is 738. The number of amides is 1. The number of hydrogen-bond donors (Lipinski definition) is 1.